The summed E-state index contributed by atoms with van der Waals surface area (Å²) in [4.78, 5) is 36.9. The third kappa shape index (κ3) is 1.87. The molecule has 7 nitrogen and oxygen atoms in total. The minimum Gasteiger partial charge on any atom is -0.477 e. The van der Waals surface area contributed by atoms with Gasteiger partial charge in [0.1, 0.15) is 5.56 Å². The van der Waals surface area contributed by atoms with Gasteiger partial charge in [-0.05, 0) is 18.2 Å². The molecular formula is C13H8BrN3O4. The molecule has 0 spiro atoms. The number of amides is 2. The van der Waals surface area contributed by atoms with Gasteiger partial charge in [0.15, 0.2) is 5.82 Å². The molecule has 0 saturated heterocycles. The minimum absolute atomic E-state index is 0.0511. The van der Waals surface area contributed by atoms with Crippen LogP contribution in [-0.4, -0.2) is 32.7 Å². The first-order chi connectivity index (χ1) is 9.91. The maximum Gasteiger partial charge on any atom is 0.341 e. The quantitative estimate of drug-likeness (QED) is 0.832. The highest BCUT2D eigenvalue weighted by molar-refractivity contribution is 9.10. The van der Waals surface area contributed by atoms with Crippen LogP contribution in [0.25, 0.3) is 0 Å². The number of aromatic carboxylic acids is 1. The summed E-state index contributed by atoms with van der Waals surface area (Å²) >= 11 is 3.24. The largest absolute Gasteiger partial charge is 0.477 e. The van der Waals surface area contributed by atoms with Crippen LogP contribution in [0, 0.1) is 0 Å². The number of rotatable bonds is 2. The van der Waals surface area contributed by atoms with E-state index in [9.17, 15) is 14.4 Å². The number of hydrogen-bond donors (Lipinski definition) is 1. The number of carboxylic acid groups (broad SMARTS) is 1. The molecule has 8 heteroatoms. The molecule has 0 atom stereocenters. The predicted molar refractivity (Wildman–Crippen MR) is 75.4 cm³/mol. The number of fused-ring (bicyclic) bond motifs is 1. The van der Waals surface area contributed by atoms with Crippen molar-refractivity contribution in [2.24, 2.45) is 7.05 Å². The van der Waals surface area contributed by atoms with Gasteiger partial charge in [-0.3, -0.25) is 14.3 Å². The first-order valence-electron chi connectivity index (χ1n) is 5.85. The molecule has 2 heterocycles. The van der Waals surface area contributed by atoms with Crippen LogP contribution in [0.5, 0.6) is 0 Å². The van der Waals surface area contributed by atoms with E-state index in [2.05, 4.69) is 21.0 Å². The Morgan fingerprint density at radius 1 is 1.24 bits per heavy atom. The lowest BCUT2D eigenvalue weighted by atomic mass is 10.1. The van der Waals surface area contributed by atoms with Gasteiger partial charge in [-0.2, -0.15) is 5.10 Å². The number of anilines is 1. The second-order valence-corrected chi connectivity index (χ2v) is 5.36. The van der Waals surface area contributed by atoms with Crippen LogP contribution in [-0.2, 0) is 7.05 Å². The van der Waals surface area contributed by atoms with Crippen LogP contribution in [0.15, 0.2) is 28.9 Å². The molecule has 0 bridgehead atoms. The number of aryl methyl sites for hydroxylation is 1. The average Bonchev–Trinajstić information content (AvgIpc) is 2.90. The van der Waals surface area contributed by atoms with E-state index < -0.39 is 17.8 Å². The molecule has 2 amide bonds. The maximum absolute atomic E-state index is 12.4. The zero-order chi connectivity index (χ0) is 15.3. The minimum atomic E-state index is -1.25. The standard InChI is InChI=1S/C13H8BrN3O4/c1-16-10(9(5-15-16)13(20)21)17-11(18)7-3-2-6(14)4-8(7)12(17)19/h2-5H,1H3,(H,20,21). The van der Waals surface area contributed by atoms with Gasteiger partial charge >= 0.3 is 5.97 Å². The monoisotopic (exact) mass is 349 g/mol. The molecule has 2 aromatic rings. The van der Waals surface area contributed by atoms with Crippen molar-refractivity contribution in [1.29, 1.82) is 0 Å². The summed E-state index contributed by atoms with van der Waals surface area (Å²) < 4.78 is 1.85. The van der Waals surface area contributed by atoms with Crippen LogP contribution >= 0.6 is 15.9 Å². The Kier molecular flexibility index (Phi) is 2.91. The van der Waals surface area contributed by atoms with Gasteiger partial charge in [0.2, 0.25) is 0 Å². The van der Waals surface area contributed by atoms with E-state index in [0.717, 1.165) is 11.1 Å². The van der Waals surface area contributed by atoms with Crippen LogP contribution in [0.2, 0.25) is 0 Å². The fourth-order valence-corrected chi connectivity index (χ4v) is 2.61. The second-order valence-electron chi connectivity index (χ2n) is 4.45. The average molecular weight is 350 g/mol. The zero-order valence-corrected chi connectivity index (χ0v) is 12.3. The first-order valence-corrected chi connectivity index (χ1v) is 6.64. The maximum atomic E-state index is 12.4. The van der Waals surface area contributed by atoms with E-state index in [1.165, 1.54) is 23.9 Å². The predicted octanol–water partition coefficient (Wildman–Crippen LogP) is 1.68. The lowest BCUT2D eigenvalue weighted by Gasteiger charge is -2.14. The number of imide groups is 1. The molecule has 1 aliphatic heterocycles. The summed E-state index contributed by atoms with van der Waals surface area (Å²) in [7, 11) is 1.47. The fourth-order valence-electron chi connectivity index (χ4n) is 2.25. The number of aromatic nitrogens is 2. The third-order valence-corrected chi connectivity index (χ3v) is 3.69. The van der Waals surface area contributed by atoms with E-state index >= 15 is 0 Å². The van der Waals surface area contributed by atoms with Crippen molar-refractivity contribution >= 4 is 39.5 Å². The van der Waals surface area contributed by atoms with Crippen molar-refractivity contribution in [3.8, 4) is 0 Å². The van der Waals surface area contributed by atoms with E-state index in [-0.39, 0.29) is 22.5 Å². The molecule has 0 aliphatic carbocycles. The SMILES string of the molecule is Cn1ncc(C(=O)O)c1N1C(=O)c2ccc(Br)cc2C1=O. The van der Waals surface area contributed by atoms with Gasteiger partial charge in [0.05, 0.1) is 17.3 Å². The molecule has 106 valence electrons. The fraction of sp³-hybridized carbons (Fsp3) is 0.0769. The number of nitrogens with zero attached hydrogens (tertiary/aromatic N) is 3. The van der Waals surface area contributed by atoms with Gasteiger partial charge in [-0.15, -0.1) is 0 Å². The van der Waals surface area contributed by atoms with Crippen molar-refractivity contribution in [2.45, 2.75) is 0 Å². The van der Waals surface area contributed by atoms with Gasteiger partial charge in [-0.25, -0.2) is 9.69 Å². The lowest BCUT2D eigenvalue weighted by Crippen LogP contribution is -2.32. The van der Waals surface area contributed by atoms with Gasteiger partial charge in [-0.1, -0.05) is 15.9 Å². The Balaban J connectivity index is 2.19. The summed E-state index contributed by atoms with van der Waals surface area (Å²) in [6.45, 7) is 0. The van der Waals surface area contributed by atoms with Crippen molar-refractivity contribution in [3.63, 3.8) is 0 Å². The summed E-state index contributed by atoms with van der Waals surface area (Å²) in [6, 6.07) is 4.71. The molecule has 3 rings (SSSR count). The number of carbonyl (C=O) groups excluding carboxylic acids is 2. The summed E-state index contributed by atoms with van der Waals surface area (Å²) in [5.41, 5.74) is 0.263. The first kappa shape index (κ1) is 13.5. The lowest BCUT2D eigenvalue weighted by molar-refractivity contribution is 0.0698. The number of hydrogen-bond acceptors (Lipinski definition) is 4. The number of benzene rings is 1. The van der Waals surface area contributed by atoms with Crippen LogP contribution in [0.3, 0.4) is 0 Å². The summed E-state index contributed by atoms with van der Waals surface area (Å²) in [6.07, 6.45) is 1.11. The molecule has 0 radical (unpaired) electrons. The second kappa shape index (κ2) is 4.52. The van der Waals surface area contributed by atoms with Crippen molar-refractivity contribution in [2.75, 3.05) is 4.90 Å². The molecule has 1 aromatic carbocycles. The molecule has 1 aromatic heterocycles. The van der Waals surface area contributed by atoms with Gasteiger partial charge < -0.3 is 5.11 Å². The van der Waals surface area contributed by atoms with E-state index in [1.54, 1.807) is 6.07 Å². The highest BCUT2D eigenvalue weighted by atomic mass is 79.9. The molecule has 0 saturated carbocycles. The third-order valence-electron chi connectivity index (χ3n) is 3.20. The molecule has 21 heavy (non-hydrogen) atoms. The molecule has 1 aliphatic rings. The normalized spacial score (nSPS) is 13.7. The van der Waals surface area contributed by atoms with Crippen LogP contribution in [0.1, 0.15) is 31.1 Å². The van der Waals surface area contributed by atoms with E-state index in [1.807, 2.05) is 0 Å². The highest BCUT2D eigenvalue weighted by Gasteiger charge is 2.40. The van der Waals surface area contributed by atoms with E-state index in [0.29, 0.717) is 4.47 Å². The number of carboxylic acids is 1. The summed E-state index contributed by atoms with van der Waals surface area (Å²) in [5.74, 6) is -2.43. The number of carbonyl (C=O) groups is 3. The molecular weight excluding hydrogens is 342 g/mol. The Labute approximate surface area is 126 Å². The van der Waals surface area contributed by atoms with Crippen molar-refractivity contribution < 1.29 is 19.5 Å². The van der Waals surface area contributed by atoms with Crippen molar-refractivity contribution in [3.05, 3.63) is 45.6 Å². The van der Waals surface area contributed by atoms with Crippen LogP contribution in [0.4, 0.5) is 5.82 Å². The zero-order valence-electron chi connectivity index (χ0n) is 10.7. The molecule has 0 unspecified atom stereocenters. The molecule has 1 N–H and O–H groups in total. The smallest absolute Gasteiger partial charge is 0.341 e. The summed E-state index contributed by atoms with van der Waals surface area (Å²) in [5, 5.41) is 13.0. The topological polar surface area (TPSA) is 92.5 Å². The van der Waals surface area contributed by atoms with E-state index in [4.69, 9.17) is 5.11 Å². The van der Waals surface area contributed by atoms with Gasteiger partial charge in [0.25, 0.3) is 11.8 Å². The van der Waals surface area contributed by atoms with Gasteiger partial charge in [0, 0.05) is 11.5 Å². The Morgan fingerprint density at radius 3 is 2.57 bits per heavy atom. The Morgan fingerprint density at radius 2 is 1.90 bits per heavy atom. The number of halogens is 1. The van der Waals surface area contributed by atoms with Crippen LogP contribution < -0.4 is 4.90 Å². The Bertz CT molecular complexity index is 812. The molecule has 0 fully saturated rings. The Hall–Kier alpha value is -2.48. The van der Waals surface area contributed by atoms with Crippen molar-refractivity contribution in [1.82, 2.24) is 9.78 Å². The highest BCUT2D eigenvalue weighted by Crippen LogP contribution is 2.31.